The zero-order valence-corrected chi connectivity index (χ0v) is 11.5. The van der Waals surface area contributed by atoms with Crippen LogP contribution in [0.4, 0.5) is 0 Å². The van der Waals surface area contributed by atoms with E-state index in [1.807, 2.05) is 0 Å². The first kappa shape index (κ1) is 14.0. The molecule has 1 aliphatic rings. The molecule has 0 saturated carbocycles. The van der Waals surface area contributed by atoms with Crippen molar-refractivity contribution in [2.24, 2.45) is 0 Å². The van der Waals surface area contributed by atoms with Gasteiger partial charge in [-0.1, -0.05) is 26.7 Å². The van der Waals surface area contributed by atoms with Crippen molar-refractivity contribution < 1.29 is 4.74 Å². The molecule has 0 radical (unpaired) electrons. The van der Waals surface area contributed by atoms with E-state index in [4.69, 9.17) is 4.74 Å². The number of unbranched alkanes of at least 4 members (excludes halogenated alkanes) is 1. The molecule has 0 bridgehead atoms. The van der Waals surface area contributed by atoms with Crippen LogP contribution < -0.4 is 5.32 Å². The molecule has 1 heterocycles. The van der Waals surface area contributed by atoms with Crippen LogP contribution in [0.2, 0.25) is 0 Å². The van der Waals surface area contributed by atoms with Crippen LogP contribution in [0, 0.1) is 0 Å². The third-order valence-corrected chi connectivity index (χ3v) is 3.85. The predicted octanol–water partition coefficient (Wildman–Crippen LogP) is 3.50. The molecule has 0 aliphatic carbocycles. The molecule has 2 nitrogen and oxygen atoms in total. The van der Waals surface area contributed by atoms with Crippen LogP contribution >= 0.6 is 0 Å². The zero-order chi connectivity index (χ0) is 12.0. The highest BCUT2D eigenvalue weighted by atomic mass is 16.5. The largest absolute Gasteiger partial charge is 0.375 e. The fourth-order valence-corrected chi connectivity index (χ4v) is 2.51. The van der Waals surface area contributed by atoms with E-state index in [1.54, 1.807) is 0 Å². The molecule has 2 heteroatoms. The summed E-state index contributed by atoms with van der Waals surface area (Å²) in [7, 11) is 0. The molecule has 1 aliphatic heterocycles. The SMILES string of the molecule is CCCCC(C)NC1CCOC(C)(CC)C1. The van der Waals surface area contributed by atoms with Gasteiger partial charge in [-0.15, -0.1) is 0 Å². The van der Waals surface area contributed by atoms with Gasteiger partial charge in [0.25, 0.3) is 0 Å². The maximum absolute atomic E-state index is 5.87. The van der Waals surface area contributed by atoms with E-state index in [1.165, 1.54) is 32.1 Å². The lowest BCUT2D eigenvalue weighted by Crippen LogP contribution is -2.47. The standard InChI is InChI=1S/C14H29NO/c1-5-7-8-12(3)15-13-9-10-16-14(4,6-2)11-13/h12-13,15H,5-11H2,1-4H3. The topological polar surface area (TPSA) is 21.3 Å². The lowest BCUT2D eigenvalue weighted by Gasteiger charge is -2.39. The lowest BCUT2D eigenvalue weighted by molar-refractivity contribution is -0.0789. The summed E-state index contributed by atoms with van der Waals surface area (Å²) >= 11 is 0. The van der Waals surface area contributed by atoms with Crippen LogP contribution in [0.15, 0.2) is 0 Å². The fourth-order valence-electron chi connectivity index (χ4n) is 2.51. The third-order valence-electron chi connectivity index (χ3n) is 3.85. The van der Waals surface area contributed by atoms with E-state index >= 15 is 0 Å². The molecule has 3 atom stereocenters. The van der Waals surface area contributed by atoms with Gasteiger partial charge in [0, 0.05) is 18.7 Å². The smallest absolute Gasteiger partial charge is 0.0666 e. The molecule has 96 valence electrons. The molecule has 0 aromatic rings. The molecule has 0 amide bonds. The summed E-state index contributed by atoms with van der Waals surface area (Å²) in [6.45, 7) is 9.96. The first-order chi connectivity index (χ1) is 7.59. The van der Waals surface area contributed by atoms with Crippen molar-refractivity contribution in [3.63, 3.8) is 0 Å². The quantitative estimate of drug-likeness (QED) is 0.750. The molecule has 0 aromatic heterocycles. The predicted molar refractivity (Wildman–Crippen MR) is 69.8 cm³/mol. The van der Waals surface area contributed by atoms with Crippen LogP contribution in [0.5, 0.6) is 0 Å². The van der Waals surface area contributed by atoms with Crippen molar-refractivity contribution in [2.45, 2.75) is 83.9 Å². The first-order valence-corrected chi connectivity index (χ1v) is 6.99. The van der Waals surface area contributed by atoms with E-state index in [9.17, 15) is 0 Å². The highest BCUT2D eigenvalue weighted by Crippen LogP contribution is 2.28. The summed E-state index contributed by atoms with van der Waals surface area (Å²) in [6, 6.07) is 1.31. The Kier molecular flexibility index (Phi) is 5.77. The van der Waals surface area contributed by atoms with Crippen molar-refractivity contribution in [2.75, 3.05) is 6.61 Å². The maximum Gasteiger partial charge on any atom is 0.0666 e. The number of hydrogen-bond acceptors (Lipinski definition) is 2. The van der Waals surface area contributed by atoms with Gasteiger partial charge >= 0.3 is 0 Å². The van der Waals surface area contributed by atoms with Gasteiger partial charge in [0.1, 0.15) is 0 Å². The van der Waals surface area contributed by atoms with Crippen LogP contribution in [0.25, 0.3) is 0 Å². The Morgan fingerprint density at radius 2 is 2.19 bits per heavy atom. The summed E-state index contributed by atoms with van der Waals surface area (Å²) in [6.07, 6.45) is 7.39. The molecule has 1 saturated heterocycles. The van der Waals surface area contributed by atoms with E-state index in [0.29, 0.717) is 12.1 Å². The van der Waals surface area contributed by atoms with Gasteiger partial charge in [-0.25, -0.2) is 0 Å². The Morgan fingerprint density at radius 3 is 2.81 bits per heavy atom. The lowest BCUT2D eigenvalue weighted by atomic mass is 9.89. The van der Waals surface area contributed by atoms with Gasteiger partial charge in [0.05, 0.1) is 5.60 Å². The van der Waals surface area contributed by atoms with Crippen molar-refractivity contribution in [3.05, 3.63) is 0 Å². The summed E-state index contributed by atoms with van der Waals surface area (Å²) in [5, 5.41) is 3.76. The average molecular weight is 227 g/mol. The van der Waals surface area contributed by atoms with E-state index in [2.05, 4.69) is 33.0 Å². The third kappa shape index (κ3) is 4.42. The highest BCUT2D eigenvalue weighted by molar-refractivity contribution is 4.86. The molecule has 16 heavy (non-hydrogen) atoms. The highest BCUT2D eigenvalue weighted by Gasteiger charge is 2.31. The number of rotatable bonds is 6. The maximum atomic E-state index is 5.87. The molecule has 1 N–H and O–H groups in total. The van der Waals surface area contributed by atoms with Gasteiger partial charge in [-0.05, 0) is 39.5 Å². The van der Waals surface area contributed by atoms with Gasteiger partial charge in [0.2, 0.25) is 0 Å². The second-order valence-corrected chi connectivity index (χ2v) is 5.55. The van der Waals surface area contributed by atoms with E-state index in [-0.39, 0.29) is 5.60 Å². The van der Waals surface area contributed by atoms with Gasteiger partial charge in [-0.2, -0.15) is 0 Å². The Labute approximate surface area is 101 Å². The van der Waals surface area contributed by atoms with Crippen molar-refractivity contribution in [1.82, 2.24) is 5.32 Å². The van der Waals surface area contributed by atoms with Crippen LogP contribution in [0.1, 0.15) is 66.2 Å². The van der Waals surface area contributed by atoms with Crippen LogP contribution in [-0.4, -0.2) is 24.3 Å². The van der Waals surface area contributed by atoms with E-state index < -0.39 is 0 Å². The summed E-state index contributed by atoms with van der Waals surface area (Å²) < 4.78 is 5.87. The summed E-state index contributed by atoms with van der Waals surface area (Å²) in [5.41, 5.74) is 0.112. The second kappa shape index (κ2) is 6.61. The molecule has 1 rings (SSSR count). The Hall–Kier alpha value is -0.0800. The Morgan fingerprint density at radius 1 is 1.44 bits per heavy atom. The minimum atomic E-state index is 0.112. The molecule has 0 aromatic carbocycles. The zero-order valence-electron chi connectivity index (χ0n) is 11.5. The fraction of sp³-hybridized carbons (Fsp3) is 1.00. The van der Waals surface area contributed by atoms with Gasteiger partial charge in [-0.3, -0.25) is 0 Å². The normalized spacial score (nSPS) is 32.6. The Bertz CT molecular complexity index is 195. The molecular formula is C14H29NO. The second-order valence-electron chi connectivity index (χ2n) is 5.55. The number of hydrogen-bond donors (Lipinski definition) is 1. The van der Waals surface area contributed by atoms with Crippen molar-refractivity contribution in [1.29, 1.82) is 0 Å². The van der Waals surface area contributed by atoms with Gasteiger partial charge < -0.3 is 10.1 Å². The van der Waals surface area contributed by atoms with Crippen molar-refractivity contribution >= 4 is 0 Å². The Balaban J connectivity index is 2.31. The number of nitrogens with one attached hydrogen (secondary N) is 1. The van der Waals surface area contributed by atoms with Crippen LogP contribution in [-0.2, 0) is 4.74 Å². The monoisotopic (exact) mass is 227 g/mol. The van der Waals surface area contributed by atoms with Crippen LogP contribution in [0.3, 0.4) is 0 Å². The first-order valence-electron chi connectivity index (χ1n) is 6.99. The molecular weight excluding hydrogens is 198 g/mol. The number of ether oxygens (including phenoxy) is 1. The van der Waals surface area contributed by atoms with Crippen molar-refractivity contribution in [3.8, 4) is 0 Å². The molecule has 3 unspecified atom stereocenters. The summed E-state index contributed by atoms with van der Waals surface area (Å²) in [5.74, 6) is 0. The minimum Gasteiger partial charge on any atom is -0.375 e. The molecule has 1 fully saturated rings. The average Bonchev–Trinajstić information content (AvgIpc) is 2.26. The molecule has 0 spiro atoms. The minimum absolute atomic E-state index is 0.112. The summed E-state index contributed by atoms with van der Waals surface area (Å²) in [4.78, 5) is 0. The van der Waals surface area contributed by atoms with E-state index in [0.717, 1.165) is 13.0 Å². The van der Waals surface area contributed by atoms with Gasteiger partial charge in [0.15, 0.2) is 0 Å².